The molecule has 2 heteroatoms. The molecule has 0 heterocycles. The Kier molecular flexibility index (Phi) is 7.14. The van der Waals surface area contributed by atoms with Crippen molar-refractivity contribution in [1.82, 2.24) is 0 Å². The minimum Gasteiger partial charge on any atom is -0.497 e. The molecule has 0 aliphatic rings. The fourth-order valence-electron chi connectivity index (χ4n) is 1.37. The topological polar surface area (TPSA) is 9.23 Å². The Balaban J connectivity index is 5.05. The van der Waals surface area contributed by atoms with Gasteiger partial charge in [0.15, 0.2) is 0 Å². The summed E-state index contributed by atoms with van der Waals surface area (Å²) in [4.78, 5) is 0. The van der Waals surface area contributed by atoms with Crippen LogP contribution in [0.15, 0.2) is 35.3 Å². The molecule has 0 saturated carbocycles. The smallest absolute Gasteiger partial charge is 0.118 e. The normalized spacial score (nSPS) is 14.6. The highest BCUT2D eigenvalue weighted by atomic mass is 28.3. The lowest BCUT2D eigenvalue weighted by molar-refractivity contribution is 0.306. The van der Waals surface area contributed by atoms with Crippen LogP contribution in [0.25, 0.3) is 0 Å². The van der Waals surface area contributed by atoms with Crippen LogP contribution in [0.2, 0.25) is 19.6 Å². The maximum absolute atomic E-state index is 5.35. The first-order chi connectivity index (χ1) is 7.45. The maximum Gasteiger partial charge on any atom is 0.118 e. The first-order valence-corrected chi connectivity index (χ1v) is 9.54. The van der Waals surface area contributed by atoms with Crippen molar-refractivity contribution in [3.63, 3.8) is 0 Å². The van der Waals surface area contributed by atoms with Gasteiger partial charge < -0.3 is 4.74 Å². The van der Waals surface area contributed by atoms with Crippen molar-refractivity contribution < 1.29 is 4.74 Å². The Hall–Kier alpha value is -0.763. The van der Waals surface area contributed by atoms with Crippen LogP contribution in [-0.2, 0) is 4.74 Å². The molecule has 0 aromatic heterocycles. The summed E-state index contributed by atoms with van der Waals surface area (Å²) in [6.07, 6.45) is 10.9. The van der Waals surface area contributed by atoms with Gasteiger partial charge in [-0.3, -0.25) is 0 Å². The van der Waals surface area contributed by atoms with E-state index in [4.69, 9.17) is 4.74 Å². The Labute approximate surface area is 102 Å². The van der Waals surface area contributed by atoms with Gasteiger partial charge in [-0.1, -0.05) is 50.3 Å². The molecule has 0 unspecified atom stereocenters. The van der Waals surface area contributed by atoms with Gasteiger partial charge in [-0.15, -0.1) is 0 Å². The van der Waals surface area contributed by atoms with Gasteiger partial charge in [0.05, 0.1) is 15.2 Å². The zero-order valence-corrected chi connectivity index (χ0v) is 12.6. The molecule has 0 aliphatic heterocycles. The van der Waals surface area contributed by atoms with Crippen molar-refractivity contribution in [1.29, 1.82) is 0 Å². The van der Waals surface area contributed by atoms with Crippen LogP contribution in [0.5, 0.6) is 0 Å². The monoisotopic (exact) mass is 238 g/mol. The minimum atomic E-state index is -1.26. The van der Waals surface area contributed by atoms with Gasteiger partial charge in [0, 0.05) is 0 Å². The molecular weight excluding hydrogens is 212 g/mol. The second kappa shape index (κ2) is 7.50. The third-order valence-electron chi connectivity index (χ3n) is 2.38. The molecule has 0 radical (unpaired) electrons. The van der Waals surface area contributed by atoms with E-state index in [-0.39, 0.29) is 0 Å². The molecule has 0 saturated heterocycles. The fraction of sp³-hybridized carbons (Fsp3) is 0.571. The Morgan fingerprint density at radius 2 is 1.88 bits per heavy atom. The van der Waals surface area contributed by atoms with Crippen molar-refractivity contribution in [2.45, 2.75) is 46.3 Å². The summed E-state index contributed by atoms with van der Waals surface area (Å²) in [5.41, 5.74) is 0. The molecule has 0 amide bonds. The lowest BCUT2D eigenvalue weighted by Crippen LogP contribution is -2.23. The molecule has 0 aliphatic carbocycles. The molecule has 1 nitrogen and oxygen atoms in total. The highest BCUT2D eigenvalue weighted by Gasteiger charge is 2.17. The van der Waals surface area contributed by atoms with Crippen molar-refractivity contribution >= 4 is 8.07 Å². The molecule has 0 bridgehead atoms. The molecule has 92 valence electrons. The summed E-state index contributed by atoms with van der Waals surface area (Å²) in [7, 11) is 0.469. The minimum absolute atomic E-state index is 0.951. The summed E-state index contributed by atoms with van der Waals surface area (Å²) >= 11 is 0. The predicted octanol–water partition coefficient (Wildman–Crippen LogP) is 4.70. The number of rotatable bonds is 6. The van der Waals surface area contributed by atoms with Gasteiger partial charge in [-0.2, -0.15) is 0 Å². The van der Waals surface area contributed by atoms with Crippen molar-refractivity contribution in [3.8, 4) is 0 Å². The maximum atomic E-state index is 5.35. The summed E-state index contributed by atoms with van der Waals surface area (Å²) in [6.45, 7) is 11.3. The van der Waals surface area contributed by atoms with Gasteiger partial charge in [-0.05, 0) is 25.5 Å². The molecule has 0 aromatic rings. The standard InChI is InChI=1S/C14H26OSi/c1-7-9-11-14(16(4,5)6)12-13(15-3)10-8-2/h8,10-12H,7,9H2,1-6H3/b10-8+,13-12+,14-11+. The van der Waals surface area contributed by atoms with Crippen LogP contribution in [0, 0.1) is 0 Å². The summed E-state index contributed by atoms with van der Waals surface area (Å²) < 4.78 is 5.35. The highest BCUT2D eigenvalue weighted by molar-refractivity contribution is 6.83. The van der Waals surface area contributed by atoms with Gasteiger partial charge in [-0.25, -0.2) is 0 Å². The second-order valence-corrected chi connectivity index (χ2v) is 10.0. The van der Waals surface area contributed by atoms with Crippen LogP contribution in [-0.4, -0.2) is 15.2 Å². The first-order valence-electron chi connectivity index (χ1n) is 6.04. The van der Waals surface area contributed by atoms with E-state index in [1.807, 2.05) is 19.1 Å². The molecule has 0 aromatic carbocycles. The van der Waals surface area contributed by atoms with Crippen LogP contribution in [0.4, 0.5) is 0 Å². The molecular formula is C14H26OSi. The van der Waals surface area contributed by atoms with Crippen LogP contribution >= 0.6 is 0 Å². The van der Waals surface area contributed by atoms with E-state index in [1.54, 1.807) is 7.11 Å². The fourth-order valence-corrected chi connectivity index (χ4v) is 2.71. The van der Waals surface area contributed by atoms with E-state index in [0.717, 1.165) is 12.2 Å². The first kappa shape index (κ1) is 15.2. The van der Waals surface area contributed by atoms with E-state index in [2.05, 4.69) is 38.7 Å². The SMILES string of the molecule is C/C=C/C(=C\C(=C/CCC)[Si](C)(C)C)OC. The Morgan fingerprint density at radius 1 is 1.25 bits per heavy atom. The van der Waals surface area contributed by atoms with E-state index < -0.39 is 8.07 Å². The third-order valence-corrected chi connectivity index (χ3v) is 4.46. The molecule has 0 rings (SSSR count). The highest BCUT2D eigenvalue weighted by Crippen LogP contribution is 2.19. The summed E-state index contributed by atoms with van der Waals surface area (Å²) in [6, 6.07) is 0. The second-order valence-electron chi connectivity index (χ2n) is 4.95. The zero-order chi connectivity index (χ0) is 12.6. The lowest BCUT2D eigenvalue weighted by Gasteiger charge is -2.19. The van der Waals surface area contributed by atoms with Gasteiger partial charge >= 0.3 is 0 Å². The average Bonchev–Trinajstić information content (AvgIpc) is 2.20. The lowest BCUT2D eigenvalue weighted by atomic mass is 10.3. The van der Waals surface area contributed by atoms with Gasteiger partial charge in [0.1, 0.15) is 5.76 Å². The van der Waals surface area contributed by atoms with E-state index in [0.29, 0.717) is 0 Å². The number of hydrogen-bond acceptors (Lipinski definition) is 1. The molecule has 0 atom stereocenters. The summed E-state index contributed by atoms with van der Waals surface area (Å²) in [5.74, 6) is 0.951. The van der Waals surface area contributed by atoms with Gasteiger partial charge in [0.2, 0.25) is 0 Å². The average molecular weight is 238 g/mol. The molecule has 0 fully saturated rings. The van der Waals surface area contributed by atoms with Crippen LogP contribution < -0.4 is 0 Å². The molecule has 0 N–H and O–H groups in total. The quantitative estimate of drug-likeness (QED) is 0.370. The zero-order valence-electron chi connectivity index (χ0n) is 11.6. The molecule has 16 heavy (non-hydrogen) atoms. The van der Waals surface area contributed by atoms with E-state index in [9.17, 15) is 0 Å². The van der Waals surface area contributed by atoms with E-state index in [1.165, 1.54) is 11.6 Å². The Morgan fingerprint density at radius 3 is 2.25 bits per heavy atom. The Bertz CT molecular complexity index is 280. The van der Waals surface area contributed by atoms with Crippen molar-refractivity contribution in [2.24, 2.45) is 0 Å². The third kappa shape index (κ3) is 5.96. The number of methoxy groups -OCH3 is 1. The van der Waals surface area contributed by atoms with Crippen LogP contribution in [0.3, 0.4) is 0 Å². The van der Waals surface area contributed by atoms with E-state index >= 15 is 0 Å². The number of ether oxygens (including phenoxy) is 1. The summed E-state index contributed by atoms with van der Waals surface area (Å²) in [5, 5.41) is 1.48. The predicted molar refractivity (Wildman–Crippen MR) is 76.2 cm³/mol. The number of hydrogen-bond donors (Lipinski definition) is 0. The van der Waals surface area contributed by atoms with Crippen molar-refractivity contribution in [3.05, 3.63) is 35.3 Å². The van der Waals surface area contributed by atoms with Gasteiger partial charge in [0.25, 0.3) is 0 Å². The van der Waals surface area contributed by atoms with Crippen molar-refractivity contribution in [2.75, 3.05) is 7.11 Å². The number of unbranched alkanes of at least 4 members (excludes halogenated alkanes) is 1. The molecule has 0 spiro atoms. The van der Waals surface area contributed by atoms with Crippen LogP contribution in [0.1, 0.15) is 26.7 Å². The largest absolute Gasteiger partial charge is 0.497 e. The number of allylic oxidation sites excluding steroid dienone is 5.